The summed E-state index contributed by atoms with van der Waals surface area (Å²) >= 11 is 0. The number of aromatic nitrogens is 1. The van der Waals surface area contributed by atoms with Crippen molar-refractivity contribution < 1.29 is 0 Å². The molecular weight excluding hydrogens is 196 g/mol. The van der Waals surface area contributed by atoms with E-state index in [0.717, 1.165) is 6.42 Å². The fourth-order valence-corrected chi connectivity index (χ4v) is 2.24. The van der Waals surface area contributed by atoms with Crippen LogP contribution in [0.2, 0.25) is 0 Å². The van der Waals surface area contributed by atoms with E-state index in [2.05, 4.69) is 55.8 Å². The Balaban J connectivity index is 2.59. The lowest BCUT2D eigenvalue weighted by atomic mass is 10.0. The summed E-state index contributed by atoms with van der Waals surface area (Å²) in [5.74, 6) is 0. The lowest BCUT2D eigenvalue weighted by molar-refractivity contribution is 0.619. The van der Waals surface area contributed by atoms with Gasteiger partial charge in [-0.25, -0.2) is 0 Å². The van der Waals surface area contributed by atoms with Gasteiger partial charge in [0.15, 0.2) is 0 Å². The van der Waals surface area contributed by atoms with Gasteiger partial charge in [0.2, 0.25) is 0 Å². The Kier molecular flexibility index (Phi) is 3.01. The molecule has 0 saturated heterocycles. The van der Waals surface area contributed by atoms with Gasteiger partial charge in [0, 0.05) is 18.3 Å². The second kappa shape index (κ2) is 4.30. The molecule has 0 spiro atoms. The number of para-hydroxylation sites is 1. The molecule has 2 nitrogen and oxygen atoms in total. The molecule has 86 valence electrons. The second-order valence-corrected chi connectivity index (χ2v) is 4.85. The minimum absolute atomic E-state index is 0.209. The molecule has 1 aromatic heterocycles. The summed E-state index contributed by atoms with van der Waals surface area (Å²) in [4.78, 5) is 0. The van der Waals surface area contributed by atoms with Gasteiger partial charge in [-0.15, -0.1) is 0 Å². The monoisotopic (exact) mass is 216 g/mol. The molecule has 1 atom stereocenters. The van der Waals surface area contributed by atoms with E-state index >= 15 is 0 Å². The molecule has 1 heterocycles. The summed E-state index contributed by atoms with van der Waals surface area (Å²) in [7, 11) is 0. The smallest absolute Gasteiger partial charge is 0.0515 e. The summed E-state index contributed by atoms with van der Waals surface area (Å²) < 4.78 is 2.33. The fraction of sp³-hybridized carbons (Fsp3) is 0.429. The average molecular weight is 216 g/mol. The van der Waals surface area contributed by atoms with Crippen LogP contribution in [-0.2, 0) is 6.42 Å². The lowest BCUT2D eigenvalue weighted by Crippen LogP contribution is -2.18. The molecule has 0 aliphatic carbocycles. The third kappa shape index (κ3) is 1.98. The molecule has 0 amide bonds. The van der Waals surface area contributed by atoms with E-state index in [1.807, 2.05) is 0 Å². The van der Waals surface area contributed by atoms with Gasteiger partial charge in [-0.05, 0) is 44.2 Å². The first-order chi connectivity index (χ1) is 7.59. The number of rotatable bonds is 3. The van der Waals surface area contributed by atoms with Crippen molar-refractivity contribution in [3.05, 3.63) is 36.0 Å². The Labute approximate surface area is 97.1 Å². The van der Waals surface area contributed by atoms with Crippen molar-refractivity contribution in [1.29, 1.82) is 0 Å². The third-order valence-corrected chi connectivity index (χ3v) is 2.92. The average Bonchev–Trinajstić information content (AvgIpc) is 2.61. The predicted molar refractivity (Wildman–Crippen MR) is 69.7 cm³/mol. The van der Waals surface area contributed by atoms with Crippen LogP contribution in [0.4, 0.5) is 0 Å². The van der Waals surface area contributed by atoms with Crippen molar-refractivity contribution in [2.75, 3.05) is 0 Å². The van der Waals surface area contributed by atoms with Crippen molar-refractivity contribution >= 4 is 10.9 Å². The molecule has 1 unspecified atom stereocenters. The van der Waals surface area contributed by atoms with Gasteiger partial charge >= 0.3 is 0 Å². The number of hydrogen-bond acceptors (Lipinski definition) is 1. The van der Waals surface area contributed by atoms with Crippen LogP contribution in [0.1, 0.15) is 32.4 Å². The Morgan fingerprint density at radius 3 is 2.56 bits per heavy atom. The number of hydrogen-bond donors (Lipinski definition) is 1. The summed E-state index contributed by atoms with van der Waals surface area (Å²) in [6.07, 6.45) is 3.11. The maximum absolute atomic E-state index is 5.90. The van der Waals surface area contributed by atoms with E-state index in [9.17, 15) is 0 Å². The van der Waals surface area contributed by atoms with Crippen LogP contribution in [-0.4, -0.2) is 10.6 Å². The van der Waals surface area contributed by atoms with Crippen LogP contribution >= 0.6 is 0 Å². The van der Waals surface area contributed by atoms with Gasteiger partial charge in [-0.2, -0.15) is 0 Å². The van der Waals surface area contributed by atoms with Gasteiger partial charge in [0.1, 0.15) is 0 Å². The minimum Gasteiger partial charge on any atom is -0.345 e. The quantitative estimate of drug-likeness (QED) is 0.839. The van der Waals surface area contributed by atoms with Gasteiger partial charge in [0.05, 0.1) is 5.52 Å². The maximum atomic E-state index is 5.90. The highest BCUT2D eigenvalue weighted by Crippen LogP contribution is 2.24. The Morgan fingerprint density at radius 1 is 1.19 bits per heavy atom. The van der Waals surface area contributed by atoms with Crippen LogP contribution in [0.5, 0.6) is 0 Å². The first-order valence-electron chi connectivity index (χ1n) is 5.93. The molecule has 2 N–H and O–H groups in total. The van der Waals surface area contributed by atoms with E-state index in [-0.39, 0.29) is 6.04 Å². The predicted octanol–water partition coefficient (Wildman–Crippen LogP) is 3.11. The van der Waals surface area contributed by atoms with E-state index in [4.69, 9.17) is 5.73 Å². The molecule has 2 rings (SSSR count). The van der Waals surface area contributed by atoms with Crippen LogP contribution in [0.3, 0.4) is 0 Å². The summed E-state index contributed by atoms with van der Waals surface area (Å²) in [6.45, 7) is 6.48. The summed E-state index contributed by atoms with van der Waals surface area (Å²) in [6, 6.07) is 9.35. The Morgan fingerprint density at radius 2 is 1.94 bits per heavy atom. The SMILES string of the molecule is CC(N)Cc1cccc2ccn(C(C)C)c12. The number of fused-ring (bicyclic) bond motifs is 1. The Bertz CT molecular complexity index is 480. The normalized spacial score (nSPS) is 13.6. The fourth-order valence-electron chi connectivity index (χ4n) is 2.24. The maximum Gasteiger partial charge on any atom is 0.0515 e. The Hall–Kier alpha value is -1.28. The van der Waals surface area contributed by atoms with Gasteiger partial charge in [-0.3, -0.25) is 0 Å². The molecule has 0 saturated carbocycles. The highest BCUT2D eigenvalue weighted by atomic mass is 15.0. The molecule has 0 aliphatic heterocycles. The van der Waals surface area contributed by atoms with E-state index in [0.29, 0.717) is 6.04 Å². The molecule has 2 aromatic rings. The number of benzene rings is 1. The van der Waals surface area contributed by atoms with Gasteiger partial charge < -0.3 is 10.3 Å². The molecule has 2 heteroatoms. The van der Waals surface area contributed by atoms with Crippen LogP contribution in [0, 0.1) is 0 Å². The molecule has 0 bridgehead atoms. The van der Waals surface area contributed by atoms with Crippen molar-refractivity contribution in [3.8, 4) is 0 Å². The second-order valence-electron chi connectivity index (χ2n) is 4.85. The van der Waals surface area contributed by atoms with Crippen LogP contribution in [0.25, 0.3) is 10.9 Å². The summed E-state index contributed by atoms with van der Waals surface area (Å²) in [5.41, 5.74) is 8.60. The van der Waals surface area contributed by atoms with Crippen molar-refractivity contribution in [1.82, 2.24) is 4.57 Å². The topological polar surface area (TPSA) is 30.9 Å². The van der Waals surface area contributed by atoms with Crippen molar-refractivity contribution in [3.63, 3.8) is 0 Å². The molecule has 0 aliphatic rings. The van der Waals surface area contributed by atoms with Crippen LogP contribution < -0.4 is 5.73 Å². The van der Waals surface area contributed by atoms with Gasteiger partial charge in [-0.1, -0.05) is 18.2 Å². The third-order valence-electron chi connectivity index (χ3n) is 2.92. The number of nitrogens with two attached hydrogens (primary N) is 1. The standard InChI is InChI=1S/C14H20N2/c1-10(2)16-8-7-12-5-4-6-13(14(12)16)9-11(3)15/h4-8,10-11H,9,15H2,1-3H3. The molecule has 0 fully saturated rings. The minimum atomic E-state index is 0.209. The molecule has 16 heavy (non-hydrogen) atoms. The zero-order valence-corrected chi connectivity index (χ0v) is 10.3. The first-order valence-corrected chi connectivity index (χ1v) is 5.93. The number of nitrogens with zero attached hydrogens (tertiary/aromatic N) is 1. The van der Waals surface area contributed by atoms with E-state index in [1.54, 1.807) is 0 Å². The largest absolute Gasteiger partial charge is 0.345 e. The summed E-state index contributed by atoms with van der Waals surface area (Å²) in [5, 5.41) is 1.31. The van der Waals surface area contributed by atoms with Crippen LogP contribution in [0.15, 0.2) is 30.5 Å². The van der Waals surface area contributed by atoms with Crippen molar-refractivity contribution in [2.45, 2.75) is 39.3 Å². The highest BCUT2D eigenvalue weighted by molar-refractivity contribution is 5.83. The first kappa shape index (κ1) is 11.2. The van der Waals surface area contributed by atoms with Gasteiger partial charge in [0.25, 0.3) is 0 Å². The molecule has 1 aromatic carbocycles. The lowest BCUT2D eigenvalue weighted by Gasteiger charge is -2.14. The van der Waals surface area contributed by atoms with E-state index < -0.39 is 0 Å². The van der Waals surface area contributed by atoms with E-state index in [1.165, 1.54) is 16.5 Å². The zero-order valence-electron chi connectivity index (χ0n) is 10.3. The highest BCUT2D eigenvalue weighted by Gasteiger charge is 2.09. The zero-order chi connectivity index (χ0) is 11.7. The van der Waals surface area contributed by atoms with Crippen molar-refractivity contribution in [2.24, 2.45) is 5.73 Å². The molecular formula is C14H20N2. The molecule has 0 radical (unpaired) electrons.